The molecular weight excluding hydrogens is 379 g/mol. The van der Waals surface area contributed by atoms with Crippen LogP contribution in [0.25, 0.3) is 0 Å². The van der Waals surface area contributed by atoms with Crippen molar-refractivity contribution >= 4 is 48.8 Å². The summed E-state index contributed by atoms with van der Waals surface area (Å²) in [5.74, 6) is -0.673. The molecule has 0 aromatic heterocycles. The van der Waals surface area contributed by atoms with Gasteiger partial charge in [0.2, 0.25) is 0 Å². The molecule has 0 aliphatic rings. The van der Waals surface area contributed by atoms with Crippen LogP contribution in [0.15, 0.2) is 51.8 Å². The largest absolute Gasteiger partial charge is 0.389 e. The van der Waals surface area contributed by atoms with Gasteiger partial charge in [-0.2, -0.15) is 0 Å². The van der Waals surface area contributed by atoms with Gasteiger partial charge in [-0.15, -0.1) is 0 Å². The number of nitrogens with one attached hydrogen (secondary N) is 1. The van der Waals surface area contributed by atoms with E-state index in [4.69, 9.17) is 18.0 Å². The summed E-state index contributed by atoms with van der Waals surface area (Å²) in [6, 6.07) is 9.86. The first-order valence-electron chi connectivity index (χ1n) is 5.68. The maximum atomic E-state index is 13.7. The molecule has 0 aliphatic heterocycles. The second kappa shape index (κ2) is 6.08. The van der Waals surface area contributed by atoms with E-state index in [-0.39, 0.29) is 15.6 Å². The second-order valence-electron chi connectivity index (χ2n) is 4.09. The standard InChI is InChI=1S/C13H10BrFN2O2S2/c14-10-2-1-3-11(15)12(10)17-21(18,19)9-6-4-8(5-7-9)13(16)20/h1-7,17H,(H2,16,20). The Hall–Kier alpha value is -1.51. The smallest absolute Gasteiger partial charge is 0.262 e. The summed E-state index contributed by atoms with van der Waals surface area (Å²) < 4.78 is 40.6. The van der Waals surface area contributed by atoms with Crippen LogP contribution in [-0.4, -0.2) is 13.4 Å². The summed E-state index contributed by atoms with van der Waals surface area (Å²) in [5, 5.41) is 0. The molecule has 0 amide bonds. The minimum atomic E-state index is -3.90. The molecule has 8 heteroatoms. The van der Waals surface area contributed by atoms with Gasteiger partial charge < -0.3 is 5.73 Å². The van der Waals surface area contributed by atoms with Crippen molar-refractivity contribution in [3.63, 3.8) is 0 Å². The van der Waals surface area contributed by atoms with Gasteiger partial charge in [0, 0.05) is 10.0 Å². The zero-order valence-electron chi connectivity index (χ0n) is 10.5. The Balaban J connectivity index is 2.36. The predicted octanol–water partition coefficient (Wildman–Crippen LogP) is 3.02. The van der Waals surface area contributed by atoms with E-state index in [2.05, 4.69) is 20.7 Å². The molecule has 0 spiro atoms. The number of sulfonamides is 1. The van der Waals surface area contributed by atoms with Gasteiger partial charge >= 0.3 is 0 Å². The molecule has 0 aliphatic carbocycles. The molecule has 2 aromatic carbocycles. The maximum absolute atomic E-state index is 13.7. The minimum Gasteiger partial charge on any atom is -0.389 e. The average Bonchev–Trinajstić information content (AvgIpc) is 2.43. The number of hydrogen-bond acceptors (Lipinski definition) is 3. The van der Waals surface area contributed by atoms with Crippen LogP contribution in [0.3, 0.4) is 0 Å². The van der Waals surface area contributed by atoms with Crippen molar-refractivity contribution in [3.8, 4) is 0 Å². The molecule has 110 valence electrons. The molecule has 0 heterocycles. The quantitative estimate of drug-likeness (QED) is 0.789. The molecule has 0 fully saturated rings. The van der Waals surface area contributed by atoms with Gasteiger partial charge in [0.25, 0.3) is 10.0 Å². The van der Waals surface area contributed by atoms with Crippen LogP contribution in [-0.2, 0) is 10.0 Å². The molecule has 2 aromatic rings. The highest BCUT2D eigenvalue weighted by molar-refractivity contribution is 9.10. The van der Waals surface area contributed by atoms with Crippen LogP contribution in [0.5, 0.6) is 0 Å². The first-order chi connectivity index (χ1) is 9.81. The van der Waals surface area contributed by atoms with Crippen molar-refractivity contribution in [2.45, 2.75) is 4.90 Å². The number of nitrogens with two attached hydrogens (primary N) is 1. The Labute approximate surface area is 135 Å². The maximum Gasteiger partial charge on any atom is 0.262 e. The zero-order chi connectivity index (χ0) is 15.6. The van der Waals surface area contributed by atoms with Crippen LogP contribution < -0.4 is 10.5 Å². The summed E-state index contributed by atoms with van der Waals surface area (Å²) in [6.45, 7) is 0. The number of anilines is 1. The van der Waals surface area contributed by atoms with E-state index in [9.17, 15) is 12.8 Å². The normalized spacial score (nSPS) is 11.1. The second-order valence-corrected chi connectivity index (χ2v) is 7.07. The summed E-state index contributed by atoms with van der Waals surface area (Å²) in [5.41, 5.74) is 5.86. The SMILES string of the molecule is NC(=S)c1ccc(S(=O)(=O)Nc2c(F)cccc2Br)cc1. The first kappa shape index (κ1) is 15.9. The molecule has 21 heavy (non-hydrogen) atoms. The van der Waals surface area contributed by atoms with Crippen molar-refractivity contribution in [1.29, 1.82) is 0 Å². The molecule has 0 unspecified atom stereocenters. The third kappa shape index (κ3) is 3.58. The van der Waals surface area contributed by atoms with E-state index >= 15 is 0 Å². The van der Waals surface area contributed by atoms with E-state index in [0.717, 1.165) is 0 Å². The lowest BCUT2D eigenvalue weighted by atomic mass is 10.2. The van der Waals surface area contributed by atoms with Crippen molar-refractivity contribution in [3.05, 3.63) is 58.3 Å². The Morgan fingerprint density at radius 1 is 1.19 bits per heavy atom. The summed E-state index contributed by atoms with van der Waals surface area (Å²) in [7, 11) is -3.90. The highest BCUT2D eigenvalue weighted by atomic mass is 79.9. The molecule has 0 saturated carbocycles. The Bertz CT molecular complexity index is 772. The van der Waals surface area contributed by atoms with Crippen LogP contribution in [0.1, 0.15) is 5.56 Å². The van der Waals surface area contributed by atoms with E-state index in [1.807, 2.05) is 0 Å². The van der Waals surface area contributed by atoms with Crippen LogP contribution in [0.2, 0.25) is 0 Å². The minimum absolute atomic E-state index is 0.0161. The lowest BCUT2D eigenvalue weighted by Gasteiger charge is -2.11. The molecule has 0 atom stereocenters. The Morgan fingerprint density at radius 3 is 2.33 bits per heavy atom. The van der Waals surface area contributed by atoms with Crippen molar-refractivity contribution < 1.29 is 12.8 Å². The van der Waals surface area contributed by atoms with E-state index in [1.165, 1.54) is 42.5 Å². The molecule has 0 bridgehead atoms. The lowest BCUT2D eigenvalue weighted by molar-refractivity contribution is 0.598. The summed E-state index contributed by atoms with van der Waals surface area (Å²) in [6.07, 6.45) is 0. The topological polar surface area (TPSA) is 72.2 Å². The Kier molecular flexibility index (Phi) is 4.60. The van der Waals surface area contributed by atoms with Crippen LogP contribution in [0, 0.1) is 5.82 Å². The molecular formula is C13H10BrFN2O2S2. The average molecular weight is 389 g/mol. The third-order valence-electron chi connectivity index (χ3n) is 2.65. The predicted molar refractivity (Wildman–Crippen MR) is 87.2 cm³/mol. The number of halogens is 2. The van der Waals surface area contributed by atoms with Gasteiger partial charge in [0.05, 0.1) is 10.6 Å². The zero-order valence-corrected chi connectivity index (χ0v) is 13.7. The van der Waals surface area contributed by atoms with Gasteiger partial charge in [-0.3, -0.25) is 4.72 Å². The van der Waals surface area contributed by atoms with E-state index in [1.54, 1.807) is 0 Å². The number of hydrogen-bond donors (Lipinski definition) is 2. The van der Waals surface area contributed by atoms with Gasteiger partial charge in [0.1, 0.15) is 10.8 Å². The molecule has 0 radical (unpaired) electrons. The monoisotopic (exact) mass is 388 g/mol. The molecule has 3 N–H and O–H groups in total. The highest BCUT2D eigenvalue weighted by Gasteiger charge is 2.18. The highest BCUT2D eigenvalue weighted by Crippen LogP contribution is 2.27. The van der Waals surface area contributed by atoms with Crippen LogP contribution in [0.4, 0.5) is 10.1 Å². The van der Waals surface area contributed by atoms with Crippen molar-refractivity contribution in [2.24, 2.45) is 5.73 Å². The number of benzene rings is 2. The van der Waals surface area contributed by atoms with Crippen molar-refractivity contribution in [2.75, 3.05) is 4.72 Å². The van der Waals surface area contributed by atoms with Crippen molar-refractivity contribution in [1.82, 2.24) is 0 Å². The fraction of sp³-hybridized carbons (Fsp3) is 0. The third-order valence-corrected chi connectivity index (χ3v) is 4.91. The fourth-order valence-electron chi connectivity index (χ4n) is 1.59. The lowest BCUT2D eigenvalue weighted by Crippen LogP contribution is -2.15. The van der Waals surface area contributed by atoms with E-state index in [0.29, 0.717) is 10.0 Å². The summed E-state index contributed by atoms with van der Waals surface area (Å²) >= 11 is 7.90. The number of thiocarbonyl (C=S) groups is 1. The number of para-hydroxylation sites is 1. The molecule has 2 rings (SSSR count). The fourth-order valence-corrected chi connectivity index (χ4v) is 3.38. The number of rotatable bonds is 4. The van der Waals surface area contributed by atoms with Gasteiger partial charge in [-0.1, -0.05) is 30.4 Å². The Morgan fingerprint density at radius 2 is 1.81 bits per heavy atom. The molecule has 4 nitrogen and oxygen atoms in total. The molecule has 0 saturated heterocycles. The summed E-state index contributed by atoms with van der Waals surface area (Å²) in [4.78, 5) is 0.154. The van der Waals surface area contributed by atoms with Crippen LogP contribution >= 0.6 is 28.1 Å². The van der Waals surface area contributed by atoms with E-state index < -0.39 is 15.8 Å². The van der Waals surface area contributed by atoms with Gasteiger partial charge in [-0.05, 0) is 40.2 Å². The van der Waals surface area contributed by atoms with Gasteiger partial charge in [-0.25, -0.2) is 12.8 Å². The first-order valence-corrected chi connectivity index (χ1v) is 8.36. The van der Waals surface area contributed by atoms with Gasteiger partial charge in [0.15, 0.2) is 0 Å².